The molecule has 0 amide bonds. The molecule has 1 aromatic heterocycles. The van der Waals surface area contributed by atoms with E-state index in [1.807, 2.05) is 0 Å². The predicted molar refractivity (Wildman–Crippen MR) is 48.3 cm³/mol. The van der Waals surface area contributed by atoms with Gasteiger partial charge in [-0.2, -0.15) is 18.3 Å². The van der Waals surface area contributed by atoms with Gasteiger partial charge in [0.15, 0.2) is 0 Å². The van der Waals surface area contributed by atoms with E-state index in [9.17, 15) is 13.2 Å². The molecule has 2 rings (SSSR count). The van der Waals surface area contributed by atoms with E-state index in [0.29, 0.717) is 6.54 Å². The van der Waals surface area contributed by atoms with E-state index in [2.05, 4.69) is 10.4 Å². The smallest absolute Gasteiger partial charge is 0.312 e. The Balaban J connectivity index is 2.11. The van der Waals surface area contributed by atoms with Crippen molar-refractivity contribution in [1.29, 1.82) is 0 Å². The van der Waals surface area contributed by atoms with Crippen molar-refractivity contribution in [2.75, 3.05) is 6.54 Å². The lowest BCUT2D eigenvalue weighted by atomic mass is 10.2. The van der Waals surface area contributed by atoms with Gasteiger partial charge in [-0.3, -0.25) is 4.68 Å². The Morgan fingerprint density at radius 2 is 2.33 bits per heavy atom. The van der Waals surface area contributed by atoms with Gasteiger partial charge in [-0.05, 0) is 25.5 Å². The first kappa shape index (κ1) is 10.5. The summed E-state index contributed by atoms with van der Waals surface area (Å²) in [4.78, 5) is 0. The fraction of sp³-hybridized carbons (Fsp3) is 0.667. The molecule has 1 fully saturated rings. The van der Waals surface area contributed by atoms with Gasteiger partial charge in [-0.25, -0.2) is 0 Å². The van der Waals surface area contributed by atoms with Gasteiger partial charge in [0.1, 0.15) is 5.69 Å². The molecule has 2 heterocycles. The number of nitrogens with one attached hydrogen (secondary N) is 1. The van der Waals surface area contributed by atoms with Crippen molar-refractivity contribution in [3.05, 3.63) is 18.0 Å². The van der Waals surface area contributed by atoms with Crippen LogP contribution in [0.2, 0.25) is 0 Å². The molecule has 1 saturated heterocycles. The molecule has 0 aliphatic carbocycles. The molecular formula is C9H12F3N3. The van der Waals surface area contributed by atoms with Gasteiger partial charge in [-0.1, -0.05) is 0 Å². The summed E-state index contributed by atoms with van der Waals surface area (Å²) < 4.78 is 38.5. The third kappa shape index (κ3) is 2.31. The van der Waals surface area contributed by atoms with Crippen LogP contribution < -0.4 is 5.32 Å². The van der Waals surface area contributed by atoms with Gasteiger partial charge >= 0.3 is 6.18 Å². The molecule has 1 aliphatic rings. The van der Waals surface area contributed by atoms with E-state index < -0.39 is 11.9 Å². The highest BCUT2D eigenvalue weighted by atomic mass is 19.4. The number of aromatic nitrogens is 2. The van der Waals surface area contributed by atoms with Gasteiger partial charge in [-0.15, -0.1) is 0 Å². The minimum Gasteiger partial charge on any atom is -0.312 e. The zero-order valence-corrected chi connectivity index (χ0v) is 8.09. The Labute approximate surface area is 85.3 Å². The second-order valence-corrected chi connectivity index (χ2v) is 3.69. The first-order valence-corrected chi connectivity index (χ1v) is 4.90. The fourth-order valence-electron chi connectivity index (χ4n) is 1.84. The minimum absolute atomic E-state index is 0.117. The average molecular weight is 219 g/mol. The van der Waals surface area contributed by atoms with Crippen molar-refractivity contribution in [2.45, 2.75) is 31.6 Å². The third-order valence-corrected chi connectivity index (χ3v) is 2.56. The molecule has 0 radical (unpaired) electrons. The summed E-state index contributed by atoms with van der Waals surface area (Å²) in [5.41, 5.74) is -0.670. The lowest BCUT2D eigenvalue weighted by Gasteiger charge is -2.14. The SMILES string of the molecule is FC(F)(F)c1ccnn1CC1CCCN1. The number of halogens is 3. The highest BCUT2D eigenvalue weighted by molar-refractivity contribution is 5.05. The van der Waals surface area contributed by atoms with E-state index >= 15 is 0 Å². The van der Waals surface area contributed by atoms with E-state index in [0.717, 1.165) is 30.1 Å². The summed E-state index contributed by atoms with van der Waals surface area (Å²) in [5, 5.41) is 6.85. The maximum absolute atomic E-state index is 12.5. The molecule has 1 atom stereocenters. The molecule has 6 heteroatoms. The molecule has 0 spiro atoms. The van der Waals surface area contributed by atoms with Crippen LogP contribution in [0.1, 0.15) is 18.5 Å². The van der Waals surface area contributed by atoms with E-state index in [1.54, 1.807) is 0 Å². The van der Waals surface area contributed by atoms with Crippen LogP contribution >= 0.6 is 0 Å². The van der Waals surface area contributed by atoms with Crippen molar-refractivity contribution in [3.8, 4) is 0 Å². The number of hydrogen-bond donors (Lipinski definition) is 1. The molecule has 0 bridgehead atoms. The highest BCUT2D eigenvalue weighted by Gasteiger charge is 2.35. The number of nitrogens with zero attached hydrogens (tertiary/aromatic N) is 2. The topological polar surface area (TPSA) is 29.9 Å². The van der Waals surface area contributed by atoms with Gasteiger partial charge in [0.25, 0.3) is 0 Å². The molecule has 1 N–H and O–H groups in total. The average Bonchev–Trinajstić information content (AvgIpc) is 2.73. The lowest BCUT2D eigenvalue weighted by Crippen LogP contribution is -2.29. The Bertz CT molecular complexity index is 326. The normalized spacial score (nSPS) is 22.2. The summed E-state index contributed by atoms with van der Waals surface area (Å²) in [5.74, 6) is 0. The summed E-state index contributed by atoms with van der Waals surface area (Å²) in [7, 11) is 0. The molecule has 0 aromatic carbocycles. The Morgan fingerprint density at radius 1 is 1.53 bits per heavy atom. The van der Waals surface area contributed by atoms with Crippen molar-refractivity contribution in [3.63, 3.8) is 0 Å². The first-order chi connectivity index (χ1) is 7.07. The van der Waals surface area contributed by atoms with Crippen LogP contribution in [0.5, 0.6) is 0 Å². The van der Waals surface area contributed by atoms with Gasteiger partial charge in [0.2, 0.25) is 0 Å². The maximum atomic E-state index is 12.5. The van der Waals surface area contributed by atoms with Crippen LogP contribution in [-0.2, 0) is 12.7 Å². The quantitative estimate of drug-likeness (QED) is 0.819. The summed E-state index contributed by atoms with van der Waals surface area (Å²) >= 11 is 0. The molecule has 84 valence electrons. The Kier molecular flexibility index (Phi) is 2.68. The van der Waals surface area contributed by atoms with Crippen LogP contribution in [0.25, 0.3) is 0 Å². The molecular weight excluding hydrogens is 207 g/mol. The van der Waals surface area contributed by atoms with Crippen molar-refractivity contribution in [2.24, 2.45) is 0 Å². The van der Waals surface area contributed by atoms with E-state index in [-0.39, 0.29) is 6.04 Å². The van der Waals surface area contributed by atoms with Crippen LogP contribution in [0, 0.1) is 0 Å². The first-order valence-electron chi connectivity index (χ1n) is 4.90. The summed E-state index contributed by atoms with van der Waals surface area (Å²) in [6, 6.07) is 1.13. The number of hydrogen-bond acceptors (Lipinski definition) is 2. The zero-order valence-electron chi connectivity index (χ0n) is 8.09. The van der Waals surface area contributed by atoms with Crippen molar-refractivity contribution in [1.82, 2.24) is 15.1 Å². The summed E-state index contributed by atoms with van der Waals surface area (Å²) in [6.07, 6.45) is -1.18. The second-order valence-electron chi connectivity index (χ2n) is 3.69. The molecule has 1 unspecified atom stereocenters. The fourth-order valence-corrected chi connectivity index (χ4v) is 1.84. The van der Waals surface area contributed by atoms with Crippen LogP contribution in [-0.4, -0.2) is 22.4 Å². The number of alkyl halides is 3. The Morgan fingerprint density at radius 3 is 2.93 bits per heavy atom. The van der Waals surface area contributed by atoms with Crippen molar-refractivity contribution >= 4 is 0 Å². The zero-order chi connectivity index (χ0) is 10.9. The van der Waals surface area contributed by atoms with E-state index in [4.69, 9.17) is 0 Å². The van der Waals surface area contributed by atoms with Crippen LogP contribution in [0.4, 0.5) is 13.2 Å². The maximum Gasteiger partial charge on any atom is 0.433 e. The summed E-state index contributed by atoms with van der Waals surface area (Å²) in [6.45, 7) is 1.18. The second kappa shape index (κ2) is 3.84. The third-order valence-electron chi connectivity index (χ3n) is 2.56. The standard InChI is InChI=1S/C9H12F3N3/c10-9(11,12)8-3-5-14-15(8)6-7-2-1-4-13-7/h3,5,7,13H,1-2,4,6H2. The molecule has 3 nitrogen and oxygen atoms in total. The Hall–Kier alpha value is -1.04. The molecule has 15 heavy (non-hydrogen) atoms. The number of rotatable bonds is 2. The molecule has 0 saturated carbocycles. The monoisotopic (exact) mass is 219 g/mol. The van der Waals surface area contributed by atoms with Crippen LogP contribution in [0.3, 0.4) is 0 Å². The predicted octanol–water partition coefficient (Wildman–Crippen LogP) is 1.65. The molecule has 1 aromatic rings. The largest absolute Gasteiger partial charge is 0.433 e. The minimum atomic E-state index is -4.31. The highest BCUT2D eigenvalue weighted by Crippen LogP contribution is 2.29. The van der Waals surface area contributed by atoms with Gasteiger partial charge in [0, 0.05) is 12.2 Å². The molecule has 1 aliphatic heterocycles. The van der Waals surface area contributed by atoms with E-state index in [1.165, 1.54) is 6.20 Å². The lowest BCUT2D eigenvalue weighted by molar-refractivity contribution is -0.144. The van der Waals surface area contributed by atoms with Gasteiger partial charge in [0.05, 0.1) is 6.54 Å². The van der Waals surface area contributed by atoms with Gasteiger partial charge < -0.3 is 5.32 Å². The van der Waals surface area contributed by atoms with Crippen LogP contribution in [0.15, 0.2) is 12.3 Å². The van der Waals surface area contributed by atoms with Crippen molar-refractivity contribution < 1.29 is 13.2 Å².